The van der Waals surface area contributed by atoms with Crippen LogP contribution in [0.15, 0.2) is 75.1 Å². The number of nitrogens with zero attached hydrogens (tertiary/aromatic N) is 5. The van der Waals surface area contributed by atoms with Crippen LogP contribution < -0.4 is 0 Å². The van der Waals surface area contributed by atoms with Gasteiger partial charge in [0.15, 0.2) is 14.2 Å². The van der Waals surface area contributed by atoms with Crippen LogP contribution in [-0.4, -0.2) is 39.9 Å². The summed E-state index contributed by atoms with van der Waals surface area (Å²) >= 11 is 2.76. The van der Waals surface area contributed by atoms with Crippen LogP contribution in [0.4, 0.5) is 0 Å². The number of rotatable bonds is 4. The molecule has 2 aromatic heterocycles. The fraction of sp³-hybridized carbons (Fsp3) is 0.0526. The molecule has 0 saturated heterocycles. The fourth-order valence-electron chi connectivity index (χ4n) is 3.02. The van der Waals surface area contributed by atoms with E-state index in [-0.39, 0.29) is 4.90 Å². The molecular weight excluding hydrogens is 426 g/mol. The Morgan fingerprint density at radius 2 is 1.86 bits per heavy atom. The maximum absolute atomic E-state index is 11.8. The van der Waals surface area contributed by atoms with E-state index in [2.05, 4.69) is 20.5 Å². The van der Waals surface area contributed by atoms with Gasteiger partial charge in [0.05, 0.1) is 20.8 Å². The molecule has 0 fully saturated rings. The van der Waals surface area contributed by atoms with Crippen LogP contribution in [0, 0.1) is 0 Å². The molecule has 29 heavy (non-hydrogen) atoms. The van der Waals surface area contributed by atoms with Crippen molar-refractivity contribution in [3.8, 4) is 5.69 Å². The predicted octanol–water partition coefficient (Wildman–Crippen LogP) is 3.98. The van der Waals surface area contributed by atoms with Crippen molar-refractivity contribution in [3.05, 3.63) is 60.7 Å². The minimum absolute atomic E-state index is 0.283. The second-order valence-corrected chi connectivity index (χ2v) is 10.6. The van der Waals surface area contributed by atoms with Crippen LogP contribution in [0.3, 0.4) is 0 Å². The van der Waals surface area contributed by atoms with Crippen molar-refractivity contribution in [1.29, 1.82) is 0 Å². The van der Waals surface area contributed by atoms with Crippen LogP contribution in [0.5, 0.6) is 0 Å². The van der Waals surface area contributed by atoms with Gasteiger partial charge in [-0.25, -0.2) is 13.4 Å². The van der Waals surface area contributed by atoms with Gasteiger partial charge in [0.2, 0.25) is 5.16 Å². The monoisotopic (exact) mass is 439 g/mol. The van der Waals surface area contributed by atoms with Gasteiger partial charge in [0.25, 0.3) is 0 Å². The van der Waals surface area contributed by atoms with Crippen molar-refractivity contribution < 1.29 is 8.42 Å². The number of hydrogen-bond donors (Lipinski definition) is 0. The molecule has 0 radical (unpaired) electrons. The molecule has 5 rings (SSSR count). The van der Waals surface area contributed by atoms with E-state index in [1.165, 1.54) is 29.4 Å². The Morgan fingerprint density at radius 3 is 2.72 bits per heavy atom. The summed E-state index contributed by atoms with van der Waals surface area (Å²) in [5, 5.41) is 14.9. The summed E-state index contributed by atoms with van der Waals surface area (Å²) in [4.78, 5) is 4.87. The number of hydrogen-bond acceptors (Lipinski definition) is 8. The van der Waals surface area contributed by atoms with Gasteiger partial charge >= 0.3 is 0 Å². The Kier molecular flexibility index (Phi) is 4.34. The molecule has 2 heterocycles. The molecule has 0 amide bonds. The van der Waals surface area contributed by atoms with Crippen LogP contribution >= 0.6 is 23.1 Å². The van der Waals surface area contributed by atoms with Crippen molar-refractivity contribution in [1.82, 2.24) is 25.2 Å². The van der Waals surface area contributed by atoms with Crippen molar-refractivity contribution in [2.45, 2.75) is 14.4 Å². The van der Waals surface area contributed by atoms with Crippen LogP contribution in [0.1, 0.15) is 0 Å². The second kappa shape index (κ2) is 6.90. The zero-order chi connectivity index (χ0) is 20.0. The lowest BCUT2D eigenvalue weighted by atomic mass is 10.1. The highest BCUT2D eigenvalue weighted by molar-refractivity contribution is 8.01. The van der Waals surface area contributed by atoms with Gasteiger partial charge in [-0.05, 0) is 51.8 Å². The lowest BCUT2D eigenvalue weighted by Crippen LogP contribution is -1.99. The molecule has 0 spiro atoms. The molecule has 0 N–H and O–H groups in total. The number of thiazole rings is 1. The minimum Gasteiger partial charge on any atom is -0.229 e. The first-order chi connectivity index (χ1) is 14.0. The molecule has 0 saturated carbocycles. The first kappa shape index (κ1) is 18.2. The van der Waals surface area contributed by atoms with Crippen LogP contribution in [0.25, 0.3) is 26.7 Å². The summed E-state index contributed by atoms with van der Waals surface area (Å²) in [7, 11) is -3.26. The lowest BCUT2D eigenvalue weighted by Gasteiger charge is -2.07. The van der Waals surface area contributed by atoms with Gasteiger partial charge in [-0.1, -0.05) is 36.4 Å². The summed E-state index contributed by atoms with van der Waals surface area (Å²) in [6.07, 6.45) is 1.20. The van der Waals surface area contributed by atoms with E-state index in [0.29, 0.717) is 5.16 Å². The number of sulfone groups is 1. The van der Waals surface area contributed by atoms with Crippen molar-refractivity contribution in [3.63, 3.8) is 0 Å². The number of tetrazole rings is 1. The van der Waals surface area contributed by atoms with Gasteiger partial charge in [-0.3, -0.25) is 0 Å². The molecule has 0 bridgehead atoms. The third-order valence-electron chi connectivity index (χ3n) is 4.38. The van der Waals surface area contributed by atoms with E-state index >= 15 is 0 Å². The second-order valence-electron chi connectivity index (χ2n) is 6.36. The first-order valence-corrected chi connectivity index (χ1v) is 12.1. The molecule has 0 atom stereocenters. The Bertz CT molecular complexity index is 1470. The van der Waals surface area contributed by atoms with Crippen molar-refractivity contribution in [2.24, 2.45) is 0 Å². The van der Waals surface area contributed by atoms with Gasteiger partial charge in [-0.2, -0.15) is 4.68 Å². The fourth-order valence-corrected chi connectivity index (χ4v) is 5.74. The highest BCUT2D eigenvalue weighted by atomic mass is 32.2. The standard InChI is InChI=1S/C19H13N5O2S3/c1-29(25,26)13-9-10-15-17(11-13)27-19(20-15)28-18-21-22-23-24(18)16-8-4-6-12-5-2-3-7-14(12)16/h2-11H,1H3. The van der Waals surface area contributed by atoms with Crippen LogP contribution in [0.2, 0.25) is 0 Å². The van der Waals surface area contributed by atoms with E-state index in [1.807, 2.05) is 42.5 Å². The average Bonchev–Trinajstić information content (AvgIpc) is 3.32. The van der Waals surface area contributed by atoms with Crippen LogP contribution in [-0.2, 0) is 9.84 Å². The first-order valence-electron chi connectivity index (χ1n) is 8.54. The minimum atomic E-state index is -3.26. The third-order valence-corrected chi connectivity index (χ3v) is 7.51. The molecule has 0 unspecified atom stereocenters. The van der Waals surface area contributed by atoms with Gasteiger partial charge in [0.1, 0.15) is 0 Å². The van der Waals surface area contributed by atoms with Crippen molar-refractivity contribution >= 4 is 53.9 Å². The molecule has 0 aliphatic rings. The summed E-state index contributed by atoms with van der Waals surface area (Å²) in [5.41, 5.74) is 1.63. The average molecular weight is 440 g/mol. The lowest BCUT2D eigenvalue weighted by molar-refractivity contribution is 0.602. The Balaban J connectivity index is 1.55. The van der Waals surface area contributed by atoms with Gasteiger partial charge < -0.3 is 0 Å². The van der Waals surface area contributed by atoms with E-state index in [1.54, 1.807) is 22.9 Å². The molecule has 7 nitrogen and oxygen atoms in total. The Morgan fingerprint density at radius 1 is 1.03 bits per heavy atom. The number of benzene rings is 3. The van der Waals surface area contributed by atoms with E-state index in [9.17, 15) is 8.42 Å². The zero-order valence-corrected chi connectivity index (χ0v) is 17.5. The summed E-state index contributed by atoms with van der Waals surface area (Å²) < 4.78 is 26.8. The number of fused-ring (bicyclic) bond motifs is 2. The topological polar surface area (TPSA) is 90.6 Å². The SMILES string of the molecule is CS(=O)(=O)c1ccc2nc(Sc3nnnn3-c3cccc4ccccc34)sc2c1. The highest BCUT2D eigenvalue weighted by Crippen LogP contribution is 2.35. The van der Waals surface area contributed by atoms with E-state index in [0.717, 1.165) is 31.0 Å². The van der Waals surface area contributed by atoms with E-state index in [4.69, 9.17) is 0 Å². The third kappa shape index (κ3) is 3.39. The zero-order valence-electron chi connectivity index (χ0n) is 15.1. The largest absolute Gasteiger partial charge is 0.229 e. The molecule has 0 aliphatic carbocycles. The molecule has 144 valence electrons. The predicted molar refractivity (Wildman–Crippen MR) is 114 cm³/mol. The van der Waals surface area contributed by atoms with Gasteiger partial charge in [0, 0.05) is 11.6 Å². The summed E-state index contributed by atoms with van der Waals surface area (Å²) in [6, 6.07) is 19.0. The Labute approximate surface area is 174 Å². The molecule has 5 aromatic rings. The van der Waals surface area contributed by atoms with Crippen molar-refractivity contribution in [2.75, 3.05) is 6.26 Å². The highest BCUT2D eigenvalue weighted by Gasteiger charge is 2.16. The summed E-state index contributed by atoms with van der Waals surface area (Å²) in [6.45, 7) is 0. The Hall–Kier alpha value is -2.82. The molecule has 0 aliphatic heterocycles. The maximum atomic E-state index is 11.8. The number of aromatic nitrogens is 5. The molecule has 3 aromatic carbocycles. The normalized spacial score (nSPS) is 12.0. The summed E-state index contributed by atoms with van der Waals surface area (Å²) in [5.74, 6) is 0. The molecule has 10 heteroatoms. The molecular formula is C19H13N5O2S3. The smallest absolute Gasteiger partial charge is 0.221 e. The van der Waals surface area contributed by atoms with Gasteiger partial charge in [-0.15, -0.1) is 16.4 Å². The van der Waals surface area contributed by atoms with E-state index < -0.39 is 9.84 Å². The quantitative estimate of drug-likeness (QED) is 0.418. The maximum Gasteiger partial charge on any atom is 0.221 e.